The number of ether oxygens (including phenoxy) is 4. The predicted octanol–water partition coefficient (Wildman–Crippen LogP) is 4.11. The normalized spacial score (nSPS) is 32.5. The Bertz CT molecular complexity index is 1370. The maximum absolute atomic E-state index is 13.6. The second-order valence-corrected chi connectivity index (χ2v) is 16.9. The molecule has 0 unspecified atom stereocenters. The Morgan fingerprint density at radius 3 is 2.27 bits per heavy atom. The molecule has 56 heavy (non-hydrogen) atoms. The van der Waals surface area contributed by atoms with Crippen molar-refractivity contribution in [2.75, 3.05) is 27.9 Å². The van der Waals surface area contributed by atoms with Crippen molar-refractivity contribution in [3.63, 3.8) is 0 Å². The maximum atomic E-state index is 13.6. The van der Waals surface area contributed by atoms with Crippen molar-refractivity contribution in [1.29, 1.82) is 0 Å². The zero-order chi connectivity index (χ0) is 41.9. The predicted molar refractivity (Wildman–Crippen MR) is 210 cm³/mol. The molecule has 1 amide bonds. The van der Waals surface area contributed by atoms with E-state index in [0.29, 0.717) is 51.2 Å². The summed E-state index contributed by atoms with van der Waals surface area (Å²) >= 11 is 0. The van der Waals surface area contributed by atoms with E-state index < -0.39 is 77.9 Å². The SMILES string of the molecule is CC[C@H](/C=C(\C)C[C@H](C)C[C@H](OC)[C@H]1O[C@@](O)(C(=O)C(=O)N2CCCC[C@H]2C=O)[C@H](C)C[C@@H]1OC)C(=O)C[C@H](O)[C@@H](C)[C@H](O)/C(C)=C/[C@@H]1CC[C@@H](O)[C@H](OC)C1. The molecule has 4 N–H and O–H groups in total. The molecule has 2 aliphatic heterocycles. The molecule has 0 radical (unpaired) electrons. The van der Waals surface area contributed by atoms with Crippen molar-refractivity contribution in [3.05, 3.63) is 23.3 Å². The molecular formula is C43H71NO12. The van der Waals surface area contributed by atoms with Gasteiger partial charge in [0.05, 0.1) is 42.7 Å². The third-order valence-corrected chi connectivity index (χ3v) is 12.6. The zero-order valence-electron chi connectivity index (χ0n) is 35.2. The highest BCUT2D eigenvalue weighted by atomic mass is 16.7. The Kier molecular flexibility index (Phi) is 19.0. The van der Waals surface area contributed by atoms with E-state index in [-0.39, 0.29) is 43.1 Å². The number of ketones is 2. The zero-order valence-corrected chi connectivity index (χ0v) is 35.2. The van der Waals surface area contributed by atoms with Crippen LogP contribution in [0.5, 0.6) is 0 Å². The number of piperidine rings is 1. The first-order valence-corrected chi connectivity index (χ1v) is 20.7. The van der Waals surface area contributed by atoms with Crippen molar-refractivity contribution in [1.82, 2.24) is 4.90 Å². The van der Waals surface area contributed by atoms with Crippen LogP contribution in [0.4, 0.5) is 0 Å². The molecule has 0 spiro atoms. The number of rotatable bonds is 20. The van der Waals surface area contributed by atoms with Gasteiger partial charge < -0.3 is 49.1 Å². The Balaban J connectivity index is 1.63. The Morgan fingerprint density at radius 2 is 1.66 bits per heavy atom. The standard InChI is InChI=1S/C43H71NO12/c1-10-31(35(48)23-34(47)29(6)39(49)27(4)20-30-14-15-33(46)36(22-30)53-7)18-25(2)17-26(3)19-37(54-8)40-38(55-9)21-28(5)43(52,56-40)41(50)42(51)44-16-12-11-13-32(44)24-45/h18,20,24,26,28-34,36-40,46-47,49,52H,10-17,19,21-23H2,1-9H3/b25-18+,27-20+/t26-,28+,29+,30-,31+,32-,33+,34-,36+,37-,38-,39+,40+,43+/m0/s1. The van der Waals surface area contributed by atoms with Crippen molar-refractivity contribution < 1.29 is 58.6 Å². The second-order valence-electron chi connectivity index (χ2n) is 16.9. The van der Waals surface area contributed by atoms with Gasteiger partial charge >= 0.3 is 0 Å². The third kappa shape index (κ3) is 12.1. The van der Waals surface area contributed by atoms with Gasteiger partial charge in [-0.1, -0.05) is 45.4 Å². The van der Waals surface area contributed by atoms with Crippen LogP contribution in [0, 0.1) is 29.6 Å². The van der Waals surface area contributed by atoms with Gasteiger partial charge in [-0.25, -0.2) is 0 Å². The molecule has 0 bridgehead atoms. The van der Waals surface area contributed by atoms with E-state index in [2.05, 4.69) is 0 Å². The summed E-state index contributed by atoms with van der Waals surface area (Å²) in [5.41, 5.74) is 1.71. The minimum Gasteiger partial charge on any atom is -0.392 e. The average Bonchev–Trinajstić information content (AvgIpc) is 3.18. The maximum Gasteiger partial charge on any atom is 0.296 e. The number of likely N-dealkylation sites (tertiary alicyclic amines) is 1. The lowest BCUT2D eigenvalue weighted by molar-refractivity contribution is -0.302. The van der Waals surface area contributed by atoms with E-state index in [4.69, 9.17) is 18.9 Å². The molecule has 13 heteroatoms. The summed E-state index contributed by atoms with van der Waals surface area (Å²) < 4.78 is 23.2. The Morgan fingerprint density at radius 1 is 0.982 bits per heavy atom. The summed E-state index contributed by atoms with van der Waals surface area (Å²) in [5.74, 6) is -6.17. The second kappa shape index (κ2) is 22.1. The van der Waals surface area contributed by atoms with Gasteiger partial charge in [0.25, 0.3) is 11.7 Å². The van der Waals surface area contributed by atoms with Gasteiger partial charge in [0.15, 0.2) is 0 Å². The van der Waals surface area contributed by atoms with Crippen molar-refractivity contribution in [3.8, 4) is 0 Å². The van der Waals surface area contributed by atoms with Crippen LogP contribution in [0.15, 0.2) is 23.3 Å². The van der Waals surface area contributed by atoms with E-state index >= 15 is 0 Å². The molecule has 2 saturated heterocycles. The first-order valence-electron chi connectivity index (χ1n) is 20.7. The molecule has 1 aliphatic carbocycles. The van der Waals surface area contributed by atoms with Crippen LogP contribution in [0.2, 0.25) is 0 Å². The number of aldehydes is 1. The van der Waals surface area contributed by atoms with E-state index in [1.165, 1.54) is 19.1 Å². The molecule has 0 aromatic carbocycles. The molecule has 3 fully saturated rings. The number of aliphatic hydroxyl groups is 4. The molecular weight excluding hydrogens is 722 g/mol. The molecule has 0 aromatic rings. The minimum absolute atomic E-state index is 0.0125. The highest BCUT2D eigenvalue weighted by Crippen LogP contribution is 2.39. The van der Waals surface area contributed by atoms with Crippen LogP contribution in [0.3, 0.4) is 0 Å². The van der Waals surface area contributed by atoms with Gasteiger partial charge in [0.1, 0.15) is 18.2 Å². The lowest BCUT2D eigenvalue weighted by Crippen LogP contribution is -2.64. The van der Waals surface area contributed by atoms with E-state index in [0.717, 1.165) is 24.0 Å². The Hall–Kier alpha value is -2.36. The Labute approximate surface area is 334 Å². The monoisotopic (exact) mass is 793 g/mol. The van der Waals surface area contributed by atoms with Crippen molar-refractivity contribution in [2.45, 2.75) is 167 Å². The van der Waals surface area contributed by atoms with Crippen LogP contribution in [0.25, 0.3) is 0 Å². The van der Waals surface area contributed by atoms with E-state index in [1.54, 1.807) is 21.0 Å². The topological polar surface area (TPSA) is 189 Å². The van der Waals surface area contributed by atoms with Crippen LogP contribution in [0.1, 0.15) is 112 Å². The van der Waals surface area contributed by atoms with Crippen molar-refractivity contribution in [2.24, 2.45) is 29.6 Å². The van der Waals surface area contributed by atoms with Crippen molar-refractivity contribution >= 4 is 23.8 Å². The van der Waals surface area contributed by atoms with Crippen LogP contribution >= 0.6 is 0 Å². The molecule has 0 aromatic heterocycles. The largest absolute Gasteiger partial charge is 0.392 e. The van der Waals surface area contributed by atoms with Gasteiger partial charge in [0, 0.05) is 52.0 Å². The highest BCUT2D eigenvalue weighted by molar-refractivity contribution is 6.39. The lowest BCUT2D eigenvalue weighted by Gasteiger charge is -2.47. The lowest BCUT2D eigenvalue weighted by atomic mass is 9.81. The number of nitrogens with zero attached hydrogens (tertiary/aromatic N) is 1. The first-order chi connectivity index (χ1) is 26.4. The highest BCUT2D eigenvalue weighted by Gasteiger charge is 2.56. The van der Waals surface area contributed by atoms with Gasteiger partial charge in [-0.2, -0.15) is 0 Å². The van der Waals surface area contributed by atoms with Gasteiger partial charge in [-0.15, -0.1) is 0 Å². The quantitative estimate of drug-likeness (QED) is 0.0786. The number of hydrogen-bond donors (Lipinski definition) is 4. The fourth-order valence-electron chi connectivity index (χ4n) is 8.93. The van der Waals surface area contributed by atoms with Gasteiger partial charge in [0.2, 0.25) is 5.79 Å². The number of hydrogen-bond acceptors (Lipinski definition) is 12. The number of methoxy groups -OCH3 is 3. The summed E-state index contributed by atoms with van der Waals surface area (Å²) in [7, 11) is 4.63. The van der Waals surface area contributed by atoms with Crippen LogP contribution < -0.4 is 0 Å². The number of Topliss-reactive ketones (excluding diaryl/α,β-unsaturated/α-hetero) is 2. The molecule has 13 nitrogen and oxygen atoms in total. The molecule has 3 aliphatic rings. The summed E-state index contributed by atoms with van der Waals surface area (Å²) in [6.45, 7) is 11.4. The number of amides is 1. The molecule has 14 atom stereocenters. The fraction of sp³-hybridized carbons (Fsp3) is 0.814. The summed E-state index contributed by atoms with van der Waals surface area (Å²) in [6.07, 6.45) is 5.58. The summed E-state index contributed by atoms with van der Waals surface area (Å²) in [5, 5.41) is 44.0. The third-order valence-electron chi connectivity index (χ3n) is 12.6. The number of carbonyl (C=O) groups is 4. The average molecular weight is 794 g/mol. The number of allylic oxidation sites excluding steroid dienone is 3. The molecule has 1 saturated carbocycles. The van der Waals surface area contributed by atoms with Crippen LogP contribution in [-0.4, -0.2) is 132 Å². The summed E-state index contributed by atoms with van der Waals surface area (Å²) in [6, 6.07) is -0.719. The minimum atomic E-state index is -2.42. The van der Waals surface area contributed by atoms with Gasteiger partial charge in [-0.05, 0) is 95.5 Å². The first kappa shape index (κ1) is 48.0. The smallest absolute Gasteiger partial charge is 0.296 e. The van der Waals surface area contributed by atoms with Crippen LogP contribution in [-0.2, 0) is 38.1 Å². The molecule has 3 rings (SSSR count). The van der Waals surface area contributed by atoms with E-state index in [9.17, 15) is 39.6 Å². The fourth-order valence-corrected chi connectivity index (χ4v) is 8.93. The number of aliphatic hydroxyl groups excluding tert-OH is 3. The summed E-state index contributed by atoms with van der Waals surface area (Å²) in [4.78, 5) is 53.4. The van der Waals surface area contributed by atoms with E-state index in [1.807, 2.05) is 39.8 Å². The molecule has 320 valence electrons. The molecule has 2 heterocycles. The van der Waals surface area contributed by atoms with Gasteiger partial charge in [-0.3, -0.25) is 14.4 Å². The number of carbonyl (C=O) groups excluding carboxylic acids is 4.